The second-order valence-corrected chi connectivity index (χ2v) is 4.41. The lowest BCUT2D eigenvalue weighted by Gasteiger charge is -2.36. The van der Waals surface area contributed by atoms with Crippen molar-refractivity contribution < 1.29 is 14.3 Å². The van der Waals surface area contributed by atoms with E-state index in [0.29, 0.717) is 12.5 Å². The maximum atomic E-state index is 11.6. The van der Waals surface area contributed by atoms with Crippen molar-refractivity contribution >= 4 is 5.91 Å². The molecule has 0 aliphatic carbocycles. The number of carbonyl (C=O) groups is 1. The number of methoxy groups -OCH3 is 2. The Hall–Kier alpha value is -0.690. The Morgan fingerprint density at radius 3 is 2.53 bits per heavy atom. The van der Waals surface area contributed by atoms with E-state index in [9.17, 15) is 4.79 Å². The largest absolute Gasteiger partial charge is 0.384 e. The molecule has 1 unspecified atom stereocenters. The van der Waals surface area contributed by atoms with Gasteiger partial charge in [-0.25, -0.2) is 5.84 Å². The highest BCUT2D eigenvalue weighted by Gasteiger charge is 2.29. The van der Waals surface area contributed by atoms with Crippen LogP contribution >= 0.6 is 0 Å². The van der Waals surface area contributed by atoms with Crippen LogP contribution in [0.4, 0.5) is 0 Å². The summed E-state index contributed by atoms with van der Waals surface area (Å²) in [6, 6.07) is -0.284. The average Bonchev–Trinajstić information content (AvgIpc) is 2.37. The van der Waals surface area contributed by atoms with Gasteiger partial charge in [-0.15, -0.1) is 0 Å². The van der Waals surface area contributed by atoms with Crippen molar-refractivity contribution in [3.8, 4) is 0 Å². The van der Waals surface area contributed by atoms with Crippen LogP contribution in [0.25, 0.3) is 0 Å². The number of hydrogen-bond acceptors (Lipinski definition) is 5. The molecule has 0 bridgehead atoms. The minimum Gasteiger partial charge on any atom is -0.384 e. The average molecular weight is 245 g/mol. The lowest BCUT2D eigenvalue weighted by Crippen LogP contribution is -2.53. The highest BCUT2D eigenvalue weighted by Crippen LogP contribution is 2.19. The Labute approximate surface area is 102 Å². The molecule has 1 aliphatic heterocycles. The molecular formula is C11H23N3O3. The van der Waals surface area contributed by atoms with Crippen LogP contribution in [0.1, 0.15) is 12.8 Å². The Kier molecular flexibility index (Phi) is 6.43. The third kappa shape index (κ3) is 4.23. The van der Waals surface area contributed by atoms with Gasteiger partial charge in [-0.2, -0.15) is 0 Å². The predicted octanol–water partition coefficient (Wildman–Crippen LogP) is -0.650. The minimum atomic E-state index is -0.284. The van der Waals surface area contributed by atoms with Gasteiger partial charge in [-0.3, -0.25) is 15.1 Å². The fourth-order valence-corrected chi connectivity index (χ4v) is 2.27. The van der Waals surface area contributed by atoms with E-state index in [4.69, 9.17) is 15.3 Å². The molecule has 3 N–H and O–H groups in total. The molecular weight excluding hydrogens is 222 g/mol. The Morgan fingerprint density at radius 2 is 2.06 bits per heavy atom. The van der Waals surface area contributed by atoms with Gasteiger partial charge in [0.1, 0.15) is 6.04 Å². The van der Waals surface area contributed by atoms with Gasteiger partial charge in [-0.1, -0.05) is 0 Å². The third-order valence-electron chi connectivity index (χ3n) is 3.26. The van der Waals surface area contributed by atoms with E-state index in [1.807, 2.05) is 0 Å². The summed E-state index contributed by atoms with van der Waals surface area (Å²) in [5.41, 5.74) is 2.20. The molecule has 17 heavy (non-hydrogen) atoms. The Balaban J connectivity index is 2.45. The van der Waals surface area contributed by atoms with Crippen molar-refractivity contribution in [3.05, 3.63) is 0 Å². The highest BCUT2D eigenvalue weighted by molar-refractivity contribution is 5.81. The lowest BCUT2D eigenvalue weighted by atomic mass is 9.96. The number of nitrogens with two attached hydrogens (primary N) is 1. The molecule has 0 aromatic carbocycles. The van der Waals surface area contributed by atoms with E-state index in [-0.39, 0.29) is 11.9 Å². The van der Waals surface area contributed by atoms with Gasteiger partial charge in [0, 0.05) is 20.8 Å². The maximum absolute atomic E-state index is 11.6. The second-order valence-electron chi connectivity index (χ2n) is 4.41. The van der Waals surface area contributed by atoms with E-state index in [1.54, 1.807) is 14.2 Å². The van der Waals surface area contributed by atoms with E-state index in [1.165, 1.54) is 0 Å². The number of rotatable bonds is 6. The van der Waals surface area contributed by atoms with Gasteiger partial charge in [-0.05, 0) is 31.8 Å². The van der Waals surface area contributed by atoms with Crippen molar-refractivity contribution in [2.75, 3.05) is 40.5 Å². The number of nitrogens with zero attached hydrogens (tertiary/aromatic N) is 1. The Bertz CT molecular complexity index is 230. The topological polar surface area (TPSA) is 76.8 Å². The van der Waals surface area contributed by atoms with Crippen LogP contribution in [-0.4, -0.2) is 57.4 Å². The summed E-state index contributed by atoms with van der Waals surface area (Å²) < 4.78 is 10.2. The van der Waals surface area contributed by atoms with E-state index in [2.05, 4.69) is 10.3 Å². The molecule has 100 valence electrons. The van der Waals surface area contributed by atoms with Crippen LogP contribution in [0.2, 0.25) is 0 Å². The maximum Gasteiger partial charge on any atom is 0.253 e. The predicted molar refractivity (Wildman–Crippen MR) is 64.2 cm³/mol. The zero-order valence-electron chi connectivity index (χ0n) is 10.6. The standard InChI is InChI=1S/C11H23N3O3/c1-16-7-9-3-5-14(6-4-9)10(8-17-2)11(15)13-12/h9-10H,3-8,12H2,1-2H3,(H,13,15). The monoisotopic (exact) mass is 245 g/mol. The Morgan fingerprint density at radius 1 is 1.41 bits per heavy atom. The first-order valence-electron chi connectivity index (χ1n) is 5.95. The fraction of sp³-hybridized carbons (Fsp3) is 0.909. The van der Waals surface area contributed by atoms with Gasteiger partial charge in [0.05, 0.1) is 6.61 Å². The number of nitrogens with one attached hydrogen (secondary N) is 1. The van der Waals surface area contributed by atoms with Gasteiger partial charge in [0.2, 0.25) is 0 Å². The molecule has 0 aromatic rings. The SMILES string of the molecule is COCC1CCN(C(COC)C(=O)NN)CC1. The van der Waals surface area contributed by atoms with Crippen LogP contribution in [0.3, 0.4) is 0 Å². The molecule has 6 nitrogen and oxygen atoms in total. The smallest absolute Gasteiger partial charge is 0.253 e. The van der Waals surface area contributed by atoms with Gasteiger partial charge in [0.15, 0.2) is 0 Å². The number of piperidine rings is 1. The quantitative estimate of drug-likeness (QED) is 0.369. The van der Waals surface area contributed by atoms with Crippen LogP contribution in [0.15, 0.2) is 0 Å². The molecule has 1 saturated heterocycles. The molecule has 0 spiro atoms. The number of hydrogen-bond donors (Lipinski definition) is 2. The molecule has 1 atom stereocenters. The molecule has 0 radical (unpaired) electrons. The summed E-state index contributed by atoms with van der Waals surface area (Å²) in [6.45, 7) is 2.94. The number of carbonyl (C=O) groups excluding carboxylic acids is 1. The molecule has 1 aliphatic rings. The van der Waals surface area contributed by atoms with Crippen molar-refractivity contribution in [1.29, 1.82) is 0 Å². The first-order valence-corrected chi connectivity index (χ1v) is 5.95. The summed E-state index contributed by atoms with van der Waals surface area (Å²) in [4.78, 5) is 13.7. The minimum absolute atomic E-state index is 0.183. The normalized spacial score (nSPS) is 20.2. The third-order valence-corrected chi connectivity index (χ3v) is 3.26. The highest BCUT2D eigenvalue weighted by atomic mass is 16.5. The van der Waals surface area contributed by atoms with Gasteiger partial charge < -0.3 is 9.47 Å². The molecule has 1 amide bonds. The number of ether oxygens (including phenoxy) is 2. The number of likely N-dealkylation sites (tertiary alicyclic amines) is 1. The fourth-order valence-electron chi connectivity index (χ4n) is 2.27. The van der Waals surface area contributed by atoms with Crippen LogP contribution in [-0.2, 0) is 14.3 Å². The molecule has 1 rings (SSSR count). The summed E-state index contributed by atoms with van der Waals surface area (Å²) >= 11 is 0. The summed E-state index contributed by atoms with van der Waals surface area (Å²) in [7, 11) is 3.32. The first kappa shape index (κ1) is 14.4. The van der Waals surface area contributed by atoms with E-state index in [0.717, 1.165) is 32.5 Å². The molecule has 6 heteroatoms. The van der Waals surface area contributed by atoms with Crippen molar-refractivity contribution in [2.24, 2.45) is 11.8 Å². The molecule has 1 fully saturated rings. The molecule has 0 saturated carbocycles. The van der Waals surface area contributed by atoms with Crippen LogP contribution < -0.4 is 11.3 Å². The van der Waals surface area contributed by atoms with Crippen LogP contribution in [0, 0.1) is 5.92 Å². The van der Waals surface area contributed by atoms with E-state index < -0.39 is 0 Å². The number of amides is 1. The zero-order valence-corrected chi connectivity index (χ0v) is 10.6. The van der Waals surface area contributed by atoms with Crippen molar-refractivity contribution in [1.82, 2.24) is 10.3 Å². The van der Waals surface area contributed by atoms with Crippen LogP contribution in [0.5, 0.6) is 0 Å². The van der Waals surface area contributed by atoms with E-state index >= 15 is 0 Å². The van der Waals surface area contributed by atoms with Crippen molar-refractivity contribution in [2.45, 2.75) is 18.9 Å². The summed E-state index contributed by atoms with van der Waals surface area (Å²) in [5.74, 6) is 5.60. The second kappa shape index (κ2) is 7.60. The first-order chi connectivity index (χ1) is 8.22. The summed E-state index contributed by atoms with van der Waals surface area (Å²) in [6.07, 6.45) is 2.10. The number of hydrazine groups is 1. The van der Waals surface area contributed by atoms with Gasteiger partial charge in [0.25, 0.3) is 5.91 Å². The lowest BCUT2D eigenvalue weighted by molar-refractivity contribution is -0.129. The van der Waals surface area contributed by atoms with Crippen molar-refractivity contribution in [3.63, 3.8) is 0 Å². The zero-order chi connectivity index (χ0) is 12.7. The molecule has 1 heterocycles. The van der Waals surface area contributed by atoms with Gasteiger partial charge >= 0.3 is 0 Å². The summed E-state index contributed by atoms with van der Waals surface area (Å²) in [5, 5.41) is 0. The molecule has 0 aromatic heterocycles.